The zero-order valence-electron chi connectivity index (χ0n) is 11.8. The molecule has 4 rings (SSSR count). The van der Waals surface area contributed by atoms with Gasteiger partial charge in [-0.15, -0.1) is 0 Å². The molecule has 1 aliphatic heterocycles. The van der Waals surface area contributed by atoms with Gasteiger partial charge < -0.3 is 9.73 Å². The smallest absolute Gasteiger partial charge is 0.224 e. The molecule has 0 saturated heterocycles. The van der Waals surface area contributed by atoms with Gasteiger partial charge in [-0.1, -0.05) is 0 Å². The third-order valence-corrected chi connectivity index (χ3v) is 3.81. The lowest BCUT2D eigenvalue weighted by Gasteiger charge is -2.21. The van der Waals surface area contributed by atoms with Crippen molar-refractivity contribution in [3.05, 3.63) is 36.4 Å². The van der Waals surface area contributed by atoms with Crippen LogP contribution in [0.15, 0.2) is 29.1 Å². The zero-order chi connectivity index (χ0) is 14.9. The minimum atomic E-state index is -0.0841. The number of oxazole rings is 1. The molecular formula is C14H14N6O2. The van der Waals surface area contributed by atoms with E-state index in [9.17, 15) is 4.79 Å². The molecule has 3 aromatic rings. The van der Waals surface area contributed by atoms with Gasteiger partial charge in [-0.3, -0.25) is 9.48 Å². The maximum absolute atomic E-state index is 12.3. The van der Waals surface area contributed by atoms with Crippen molar-refractivity contribution in [3.63, 3.8) is 0 Å². The first-order valence-corrected chi connectivity index (χ1v) is 7.14. The Morgan fingerprint density at radius 3 is 3.32 bits per heavy atom. The average Bonchev–Trinajstić information content (AvgIpc) is 3.17. The van der Waals surface area contributed by atoms with Crippen LogP contribution < -0.4 is 5.32 Å². The van der Waals surface area contributed by atoms with Crippen molar-refractivity contribution in [2.75, 3.05) is 0 Å². The number of amides is 1. The number of hydrogen-bond acceptors (Lipinski definition) is 6. The summed E-state index contributed by atoms with van der Waals surface area (Å²) in [5, 5.41) is 6.98. The number of carbonyl (C=O) groups is 1. The van der Waals surface area contributed by atoms with E-state index in [2.05, 4.69) is 25.4 Å². The van der Waals surface area contributed by atoms with Crippen molar-refractivity contribution in [2.24, 2.45) is 5.92 Å². The van der Waals surface area contributed by atoms with Gasteiger partial charge in [0.25, 0.3) is 0 Å². The van der Waals surface area contributed by atoms with Crippen LogP contribution in [0.5, 0.6) is 0 Å². The number of pyridine rings is 1. The van der Waals surface area contributed by atoms with Crippen LogP contribution in [0.1, 0.15) is 18.1 Å². The van der Waals surface area contributed by atoms with E-state index in [0.717, 1.165) is 18.8 Å². The van der Waals surface area contributed by atoms with E-state index in [1.54, 1.807) is 18.3 Å². The van der Waals surface area contributed by atoms with Gasteiger partial charge in [0.05, 0.1) is 6.54 Å². The van der Waals surface area contributed by atoms with Gasteiger partial charge in [0, 0.05) is 25.1 Å². The summed E-state index contributed by atoms with van der Waals surface area (Å²) in [5.74, 6) is 1.22. The molecular weight excluding hydrogens is 284 g/mol. The van der Waals surface area contributed by atoms with Crippen LogP contribution in [0.25, 0.3) is 11.2 Å². The Bertz CT molecular complexity index is 790. The third kappa shape index (κ3) is 2.32. The zero-order valence-corrected chi connectivity index (χ0v) is 11.8. The van der Waals surface area contributed by atoms with Crippen molar-refractivity contribution < 1.29 is 9.21 Å². The van der Waals surface area contributed by atoms with Crippen LogP contribution in [-0.4, -0.2) is 30.6 Å². The second-order valence-electron chi connectivity index (χ2n) is 5.24. The minimum absolute atomic E-state index is 0.00975. The highest BCUT2D eigenvalue weighted by Gasteiger charge is 2.26. The molecule has 0 saturated carbocycles. The SMILES string of the molecule is O=C(NCc1nc2ncccc2o1)C1CCn2ncnc2C1. The van der Waals surface area contributed by atoms with Crippen LogP contribution in [0.4, 0.5) is 0 Å². The summed E-state index contributed by atoms with van der Waals surface area (Å²) in [6.07, 6.45) is 4.56. The Kier molecular flexibility index (Phi) is 3.06. The fourth-order valence-corrected chi connectivity index (χ4v) is 2.65. The fraction of sp³-hybridized carbons (Fsp3) is 0.357. The van der Waals surface area contributed by atoms with E-state index in [-0.39, 0.29) is 18.4 Å². The fourth-order valence-electron chi connectivity index (χ4n) is 2.65. The molecule has 8 heteroatoms. The first kappa shape index (κ1) is 12.9. The molecule has 1 atom stereocenters. The molecule has 1 unspecified atom stereocenters. The summed E-state index contributed by atoms with van der Waals surface area (Å²) < 4.78 is 7.38. The molecule has 0 spiro atoms. The highest BCUT2D eigenvalue weighted by atomic mass is 16.3. The van der Waals surface area contributed by atoms with E-state index in [1.165, 1.54) is 6.33 Å². The van der Waals surface area contributed by atoms with Crippen LogP contribution >= 0.6 is 0 Å². The highest BCUT2D eigenvalue weighted by Crippen LogP contribution is 2.18. The Hall–Kier alpha value is -2.77. The van der Waals surface area contributed by atoms with E-state index in [0.29, 0.717) is 23.5 Å². The summed E-state index contributed by atoms with van der Waals surface area (Å²) >= 11 is 0. The van der Waals surface area contributed by atoms with Crippen molar-refractivity contribution >= 4 is 17.1 Å². The van der Waals surface area contributed by atoms with Gasteiger partial charge in [0.2, 0.25) is 11.8 Å². The van der Waals surface area contributed by atoms with Gasteiger partial charge in [0.1, 0.15) is 12.2 Å². The van der Waals surface area contributed by atoms with Gasteiger partial charge in [-0.2, -0.15) is 10.1 Å². The molecule has 1 N–H and O–H groups in total. The van der Waals surface area contributed by atoms with Gasteiger partial charge in [-0.25, -0.2) is 9.97 Å². The van der Waals surface area contributed by atoms with Gasteiger partial charge in [0.15, 0.2) is 11.2 Å². The molecule has 0 fully saturated rings. The van der Waals surface area contributed by atoms with Gasteiger partial charge >= 0.3 is 0 Å². The molecule has 1 amide bonds. The molecule has 3 aromatic heterocycles. The monoisotopic (exact) mass is 298 g/mol. The predicted octanol–water partition coefficient (Wildman–Crippen LogP) is 0.693. The number of hydrogen-bond donors (Lipinski definition) is 1. The lowest BCUT2D eigenvalue weighted by Crippen LogP contribution is -2.35. The quantitative estimate of drug-likeness (QED) is 0.764. The molecule has 22 heavy (non-hydrogen) atoms. The van der Waals surface area contributed by atoms with Crippen molar-refractivity contribution in [2.45, 2.75) is 25.9 Å². The van der Waals surface area contributed by atoms with Crippen molar-refractivity contribution in [1.82, 2.24) is 30.0 Å². The first-order valence-electron chi connectivity index (χ1n) is 7.14. The van der Waals surface area contributed by atoms with Gasteiger partial charge in [-0.05, 0) is 18.6 Å². The largest absolute Gasteiger partial charge is 0.437 e. The number of aromatic nitrogens is 5. The van der Waals surface area contributed by atoms with Crippen molar-refractivity contribution in [1.29, 1.82) is 0 Å². The normalized spacial score (nSPS) is 17.4. The predicted molar refractivity (Wildman–Crippen MR) is 75.5 cm³/mol. The summed E-state index contributed by atoms with van der Waals surface area (Å²) in [6.45, 7) is 0.985. The number of fused-ring (bicyclic) bond motifs is 2. The first-order chi connectivity index (χ1) is 10.8. The number of carbonyl (C=O) groups excluding carboxylic acids is 1. The van der Waals surface area contributed by atoms with E-state index in [4.69, 9.17) is 4.42 Å². The Labute approximate surface area is 125 Å². The topological polar surface area (TPSA) is 98.7 Å². The Morgan fingerprint density at radius 2 is 2.41 bits per heavy atom. The number of rotatable bonds is 3. The molecule has 4 heterocycles. The molecule has 1 aliphatic rings. The third-order valence-electron chi connectivity index (χ3n) is 3.81. The average molecular weight is 298 g/mol. The van der Waals surface area contributed by atoms with Crippen LogP contribution in [0.2, 0.25) is 0 Å². The van der Waals surface area contributed by atoms with E-state index < -0.39 is 0 Å². The second kappa shape index (κ2) is 5.21. The summed E-state index contributed by atoms with van der Waals surface area (Å²) in [6, 6.07) is 3.59. The second-order valence-corrected chi connectivity index (χ2v) is 5.24. The van der Waals surface area contributed by atoms with Crippen LogP contribution in [-0.2, 0) is 24.3 Å². The summed E-state index contributed by atoms with van der Waals surface area (Å²) in [5.41, 5.74) is 1.18. The number of nitrogens with one attached hydrogen (secondary N) is 1. The molecule has 0 aliphatic carbocycles. The lowest BCUT2D eigenvalue weighted by atomic mass is 9.97. The molecule has 0 aromatic carbocycles. The standard InChI is InChI=1S/C14H14N6O2/c21-14(9-3-5-20-11(6-9)17-8-18-20)16-7-12-19-13-10(22-12)2-1-4-15-13/h1-2,4,8-9H,3,5-7H2,(H,16,21). The van der Waals surface area contributed by atoms with E-state index in [1.807, 2.05) is 4.68 Å². The number of aryl methyl sites for hydroxylation is 1. The summed E-state index contributed by atoms with van der Waals surface area (Å²) in [4.78, 5) is 24.8. The Balaban J connectivity index is 1.40. The number of nitrogens with zero attached hydrogens (tertiary/aromatic N) is 5. The summed E-state index contributed by atoms with van der Waals surface area (Å²) in [7, 11) is 0. The lowest BCUT2D eigenvalue weighted by molar-refractivity contribution is -0.125. The van der Waals surface area contributed by atoms with Crippen LogP contribution in [0, 0.1) is 5.92 Å². The van der Waals surface area contributed by atoms with Crippen molar-refractivity contribution in [3.8, 4) is 0 Å². The molecule has 0 bridgehead atoms. The highest BCUT2D eigenvalue weighted by molar-refractivity contribution is 5.79. The molecule has 8 nitrogen and oxygen atoms in total. The Morgan fingerprint density at radius 1 is 1.45 bits per heavy atom. The minimum Gasteiger partial charge on any atom is -0.437 e. The molecule has 0 radical (unpaired) electrons. The maximum atomic E-state index is 12.3. The van der Waals surface area contributed by atoms with E-state index >= 15 is 0 Å². The van der Waals surface area contributed by atoms with Crippen LogP contribution in [0.3, 0.4) is 0 Å². The molecule has 112 valence electrons. The maximum Gasteiger partial charge on any atom is 0.224 e.